The summed E-state index contributed by atoms with van der Waals surface area (Å²) >= 11 is 0. The summed E-state index contributed by atoms with van der Waals surface area (Å²) in [5.74, 6) is 0. The van der Waals surface area contributed by atoms with E-state index in [1.165, 1.54) is 96.8 Å². The molecule has 3 aromatic rings. The van der Waals surface area contributed by atoms with E-state index in [9.17, 15) is 0 Å². The number of hydrogen-bond acceptors (Lipinski definition) is 4. The van der Waals surface area contributed by atoms with Gasteiger partial charge >= 0.3 is 0 Å². The highest BCUT2D eigenvalue weighted by Gasteiger charge is 2.17. The summed E-state index contributed by atoms with van der Waals surface area (Å²) in [5, 5.41) is 13.6. The van der Waals surface area contributed by atoms with Gasteiger partial charge in [0.25, 0.3) is 0 Å². The molecule has 2 heterocycles. The van der Waals surface area contributed by atoms with Gasteiger partial charge in [0.1, 0.15) is 0 Å². The summed E-state index contributed by atoms with van der Waals surface area (Å²) in [7, 11) is 0. The van der Waals surface area contributed by atoms with Gasteiger partial charge in [-0.15, -0.1) is 0 Å². The third-order valence-corrected chi connectivity index (χ3v) is 10.5. The quantitative estimate of drug-likeness (QED) is 0.130. The minimum Gasteiger partial charge on any atom is -0.387 e. The van der Waals surface area contributed by atoms with Crippen molar-refractivity contribution in [3.8, 4) is 0 Å². The molecule has 4 nitrogen and oxygen atoms in total. The standard InChI is InChI=1S/C46H50N4/c1-33(40-24-25-41(44-19-5-4-18-43(40)44)36-15-8-12-34(29-36)11-6-7-27-47)21-22-37(32-50-46-20-9-14-35-13-2-3-17-42(35)46)38-23-26-45(49-31-38)39-16-10-28-48-30-39/h4-10,12,14-16,18-23,26,28-29,48-50H,2-3,11,13,17,24-25,27,30-32,47H2,1H3/b7-6-,33-21+,37-22+. The molecule has 0 aromatic heterocycles. The molecule has 4 aliphatic rings. The van der Waals surface area contributed by atoms with E-state index in [2.05, 4.69) is 132 Å². The molecular weight excluding hydrogens is 609 g/mol. The molecule has 0 saturated carbocycles. The highest BCUT2D eigenvalue weighted by molar-refractivity contribution is 5.75. The summed E-state index contributed by atoms with van der Waals surface area (Å²) in [5.41, 5.74) is 22.0. The Morgan fingerprint density at radius 2 is 1.72 bits per heavy atom. The molecule has 0 saturated heterocycles. The zero-order valence-corrected chi connectivity index (χ0v) is 29.4. The van der Waals surface area contributed by atoms with E-state index in [1.807, 2.05) is 12.3 Å². The summed E-state index contributed by atoms with van der Waals surface area (Å²) in [6, 6.07) is 24.8. The van der Waals surface area contributed by atoms with Crippen LogP contribution in [0.4, 0.5) is 5.69 Å². The number of dihydropyridines is 2. The molecule has 0 unspecified atom stereocenters. The van der Waals surface area contributed by atoms with Crippen LogP contribution >= 0.6 is 0 Å². The lowest BCUT2D eigenvalue weighted by Gasteiger charge is -2.24. The van der Waals surface area contributed by atoms with Crippen LogP contribution in [0, 0.1) is 0 Å². The van der Waals surface area contributed by atoms with Crippen molar-refractivity contribution >= 4 is 16.8 Å². The second-order valence-electron chi connectivity index (χ2n) is 13.7. The molecule has 0 amide bonds. The van der Waals surface area contributed by atoms with Crippen molar-refractivity contribution in [1.29, 1.82) is 0 Å². The van der Waals surface area contributed by atoms with Crippen LogP contribution in [0.15, 0.2) is 150 Å². The monoisotopic (exact) mass is 658 g/mol. The van der Waals surface area contributed by atoms with E-state index in [4.69, 9.17) is 5.73 Å². The van der Waals surface area contributed by atoms with Crippen LogP contribution in [0.3, 0.4) is 0 Å². The van der Waals surface area contributed by atoms with E-state index in [-0.39, 0.29) is 0 Å². The molecule has 3 aromatic carbocycles. The molecule has 2 aliphatic heterocycles. The zero-order valence-electron chi connectivity index (χ0n) is 29.4. The van der Waals surface area contributed by atoms with E-state index in [0.717, 1.165) is 45.3 Å². The van der Waals surface area contributed by atoms with Crippen LogP contribution in [-0.4, -0.2) is 26.2 Å². The van der Waals surface area contributed by atoms with Gasteiger partial charge in [0.05, 0.1) is 0 Å². The van der Waals surface area contributed by atoms with Crippen LogP contribution in [0.25, 0.3) is 11.1 Å². The summed E-state index contributed by atoms with van der Waals surface area (Å²) in [4.78, 5) is 0. The molecule has 2 aliphatic carbocycles. The summed E-state index contributed by atoms with van der Waals surface area (Å²) < 4.78 is 0. The maximum atomic E-state index is 5.68. The first-order valence-corrected chi connectivity index (χ1v) is 18.4. The number of nitrogens with one attached hydrogen (secondary N) is 3. The minimum absolute atomic E-state index is 0.582. The lowest BCUT2D eigenvalue weighted by atomic mass is 9.86. The Kier molecular flexibility index (Phi) is 10.8. The maximum absolute atomic E-state index is 5.68. The summed E-state index contributed by atoms with van der Waals surface area (Å²) in [6.07, 6.45) is 27.6. The van der Waals surface area contributed by atoms with Crippen molar-refractivity contribution in [2.45, 2.75) is 51.9 Å². The van der Waals surface area contributed by atoms with Crippen molar-refractivity contribution in [1.82, 2.24) is 10.6 Å². The average molecular weight is 659 g/mol. The topological polar surface area (TPSA) is 62.1 Å². The van der Waals surface area contributed by atoms with E-state index in [0.29, 0.717) is 6.54 Å². The van der Waals surface area contributed by atoms with Crippen molar-refractivity contribution < 1.29 is 0 Å². The van der Waals surface area contributed by atoms with E-state index in [1.54, 1.807) is 0 Å². The Balaban J connectivity index is 1.23. The zero-order chi connectivity index (χ0) is 34.1. The molecule has 0 atom stereocenters. The predicted molar refractivity (Wildman–Crippen MR) is 212 cm³/mol. The average Bonchev–Trinajstić information content (AvgIpc) is 3.18. The van der Waals surface area contributed by atoms with Gasteiger partial charge in [-0.3, -0.25) is 0 Å². The Hall–Kier alpha value is -5.06. The van der Waals surface area contributed by atoms with Crippen LogP contribution < -0.4 is 32.1 Å². The first-order valence-electron chi connectivity index (χ1n) is 18.4. The van der Waals surface area contributed by atoms with Gasteiger partial charge in [0.15, 0.2) is 0 Å². The smallest absolute Gasteiger partial charge is 0.0415 e. The predicted octanol–water partition coefficient (Wildman–Crippen LogP) is 7.21. The minimum atomic E-state index is 0.582. The number of aryl methyl sites for hydroxylation is 1. The van der Waals surface area contributed by atoms with Crippen LogP contribution in [0.2, 0.25) is 0 Å². The van der Waals surface area contributed by atoms with Gasteiger partial charge in [-0.2, -0.15) is 0 Å². The second kappa shape index (κ2) is 16.1. The molecule has 0 spiro atoms. The molecular formula is C46H50N4. The fourth-order valence-electron chi connectivity index (χ4n) is 7.76. The fourth-order valence-corrected chi connectivity index (χ4v) is 7.76. The van der Waals surface area contributed by atoms with E-state index < -0.39 is 0 Å². The van der Waals surface area contributed by atoms with Crippen molar-refractivity contribution in [3.63, 3.8) is 0 Å². The third-order valence-electron chi connectivity index (χ3n) is 10.5. The van der Waals surface area contributed by atoms with Gasteiger partial charge in [0.2, 0.25) is 0 Å². The Bertz CT molecular complexity index is 2080. The SMILES string of the molecule is C/C(=C\C=C(/CNc1cccc2c1CCCC2)C1=CC=C(C2=CC=CNC2)NC1)C1=c2ccccc2=C(c2cccc(C/C=C\CN)c2)CC1. The summed E-state index contributed by atoms with van der Waals surface area (Å²) in [6.45, 7) is 5.31. The van der Waals surface area contributed by atoms with Crippen LogP contribution in [0.1, 0.15) is 54.9 Å². The van der Waals surface area contributed by atoms with Crippen LogP contribution in [-0.2, 0) is 19.3 Å². The van der Waals surface area contributed by atoms with E-state index >= 15 is 0 Å². The van der Waals surface area contributed by atoms with Gasteiger partial charge in [0, 0.05) is 37.6 Å². The number of rotatable bonds is 11. The lowest BCUT2D eigenvalue weighted by Crippen LogP contribution is -2.32. The van der Waals surface area contributed by atoms with Gasteiger partial charge in [-0.25, -0.2) is 0 Å². The van der Waals surface area contributed by atoms with Crippen molar-refractivity contribution in [2.75, 3.05) is 31.5 Å². The largest absolute Gasteiger partial charge is 0.387 e. The molecule has 254 valence electrons. The number of fused-ring (bicyclic) bond motifs is 2. The van der Waals surface area contributed by atoms with Gasteiger partial charge < -0.3 is 21.7 Å². The number of allylic oxidation sites excluding steroid dienone is 8. The normalized spacial score (nSPS) is 17.7. The van der Waals surface area contributed by atoms with Gasteiger partial charge in [-0.1, -0.05) is 97.1 Å². The molecule has 5 N–H and O–H groups in total. The number of benzene rings is 3. The molecule has 4 heteroatoms. The van der Waals surface area contributed by atoms with Crippen molar-refractivity contribution in [3.05, 3.63) is 182 Å². The molecule has 0 bridgehead atoms. The maximum Gasteiger partial charge on any atom is 0.0415 e. The highest BCUT2D eigenvalue weighted by atomic mass is 14.9. The Morgan fingerprint density at radius 3 is 2.56 bits per heavy atom. The van der Waals surface area contributed by atoms with Gasteiger partial charge in [-0.05, 0) is 142 Å². The molecule has 0 fully saturated rings. The lowest BCUT2D eigenvalue weighted by molar-refractivity contribution is 0.686. The van der Waals surface area contributed by atoms with Crippen molar-refractivity contribution in [2.24, 2.45) is 5.73 Å². The third kappa shape index (κ3) is 7.72. The number of anilines is 1. The molecule has 7 rings (SSSR count). The number of nitrogens with two attached hydrogens (primary N) is 1. The van der Waals surface area contributed by atoms with Crippen LogP contribution in [0.5, 0.6) is 0 Å². The Labute approximate surface area is 298 Å². The molecule has 0 radical (unpaired) electrons. The second-order valence-corrected chi connectivity index (χ2v) is 13.7. The Morgan fingerprint density at radius 1 is 0.840 bits per heavy atom. The highest BCUT2D eigenvalue weighted by Crippen LogP contribution is 2.30. The number of hydrogen-bond donors (Lipinski definition) is 4. The fraction of sp³-hybridized carbons (Fsp3) is 0.261. The first kappa shape index (κ1) is 33.4. The first-order chi connectivity index (χ1) is 24.7. The molecule has 50 heavy (non-hydrogen) atoms.